The van der Waals surface area contributed by atoms with Gasteiger partial charge < -0.3 is 10.6 Å². The first-order valence-electron chi connectivity index (χ1n) is 10.9. The van der Waals surface area contributed by atoms with Gasteiger partial charge in [-0.15, -0.1) is 0 Å². The standard InChI is InChI=1S/C27H26N4O2/c32-25(16-21-10-4-1-5-11-21)29-18-26(33)28-17-24-20-31(19-22-12-6-2-7-13-22)30-27(24)23-14-8-3-9-15-23/h1-15,20H,16-19H2,(H,28,33)(H,29,32). The Kier molecular flexibility index (Phi) is 7.28. The SMILES string of the molecule is O=C(CNC(=O)Cc1ccccc1)NCc1cn(Cc2ccccc2)nc1-c1ccccc1. The number of amides is 2. The van der Waals surface area contributed by atoms with Gasteiger partial charge in [-0.3, -0.25) is 14.3 Å². The first-order valence-corrected chi connectivity index (χ1v) is 10.9. The molecule has 4 rings (SSSR count). The van der Waals surface area contributed by atoms with Gasteiger partial charge in [0, 0.05) is 23.9 Å². The molecule has 0 saturated heterocycles. The lowest BCUT2D eigenvalue weighted by Crippen LogP contribution is -2.37. The van der Waals surface area contributed by atoms with Crippen molar-refractivity contribution in [1.82, 2.24) is 20.4 Å². The molecule has 33 heavy (non-hydrogen) atoms. The van der Waals surface area contributed by atoms with Crippen LogP contribution in [0.5, 0.6) is 0 Å². The molecule has 4 aromatic rings. The minimum atomic E-state index is -0.244. The fraction of sp³-hybridized carbons (Fsp3) is 0.148. The molecule has 0 fully saturated rings. The second kappa shape index (κ2) is 10.9. The Morgan fingerprint density at radius 3 is 2.00 bits per heavy atom. The molecule has 6 heteroatoms. The molecule has 1 heterocycles. The van der Waals surface area contributed by atoms with Crippen LogP contribution in [0.2, 0.25) is 0 Å². The van der Waals surface area contributed by atoms with Gasteiger partial charge in [0.2, 0.25) is 11.8 Å². The van der Waals surface area contributed by atoms with E-state index in [2.05, 4.69) is 22.8 Å². The second-order valence-corrected chi connectivity index (χ2v) is 7.77. The quantitative estimate of drug-likeness (QED) is 0.419. The number of nitrogens with zero attached hydrogens (tertiary/aromatic N) is 2. The van der Waals surface area contributed by atoms with Gasteiger partial charge in [-0.05, 0) is 11.1 Å². The molecule has 2 N–H and O–H groups in total. The number of hydrogen-bond donors (Lipinski definition) is 2. The maximum Gasteiger partial charge on any atom is 0.239 e. The minimum absolute atomic E-state index is 0.0650. The van der Waals surface area contributed by atoms with E-state index in [-0.39, 0.29) is 24.8 Å². The van der Waals surface area contributed by atoms with Crippen LogP contribution < -0.4 is 10.6 Å². The van der Waals surface area contributed by atoms with E-state index in [1.165, 1.54) is 0 Å². The lowest BCUT2D eigenvalue weighted by atomic mass is 10.1. The molecule has 3 aromatic carbocycles. The van der Waals surface area contributed by atoms with Crippen molar-refractivity contribution in [3.63, 3.8) is 0 Å². The Balaban J connectivity index is 1.38. The van der Waals surface area contributed by atoms with Crippen molar-refractivity contribution < 1.29 is 9.59 Å². The first kappa shape index (κ1) is 22.0. The maximum absolute atomic E-state index is 12.4. The number of rotatable bonds is 9. The van der Waals surface area contributed by atoms with Crippen molar-refractivity contribution in [1.29, 1.82) is 0 Å². The second-order valence-electron chi connectivity index (χ2n) is 7.77. The molecule has 0 aliphatic rings. The van der Waals surface area contributed by atoms with Gasteiger partial charge >= 0.3 is 0 Å². The van der Waals surface area contributed by atoms with Crippen LogP contribution >= 0.6 is 0 Å². The predicted octanol–water partition coefficient (Wildman–Crippen LogP) is 3.57. The van der Waals surface area contributed by atoms with Crippen LogP contribution in [0.25, 0.3) is 11.3 Å². The fourth-order valence-electron chi connectivity index (χ4n) is 3.56. The zero-order chi connectivity index (χ0) is 22.9. The van der Waals surface area contributed by atoms with Gasteiger partial charge in [0.25, 0.3) is 0 Å². The lowest BCUT2D eigenvalue weighted by Gasteiger charge is -2.07. The molecular weight excluding hydrogens is 412 g/mol. The highest BCUT2D eigenvalue weighted by Crippen LogP contribution is 2.22. The molecule has 1 aromatic heterocycles. The van der Waals surface area contributed by atoms with Gasteiger partial charge in [0.15, 0.2) is 0 Å². The van der Waals surface area contributed by atoms with Crippen molar-refractivity contribution in [2.45, 2.75) is 19.5 Å². The van der Waals surface area contributed by atoms with Crippen LogP contribution in [0.1, 0.15) is 16.7 Å². The van der Waals surface area contributed by atoms with Crippen LogP contribution in [0.4, 0.5) is 0 Å². The van der Waals surface area contributed by atoms with E-state index in [9.17, 15) is 9.59 Å². The zero-order valence-corrected chi connectivity index (χ0v) is 18.3. The zero-order valence-electron chi connectivity index (χ0n) is 18.3. The van der Waals surface area contributed by atoms with E-state index in [0.717, 1.165) is 27.9 Å². The summed E-state index contributed by atoms with van der Waals surface area (Å²) in [5, 5.41) is 10.3. The summed E-state index contributed by atoms with van der Waals surface area (Å²) in [6, 6.07) is 29.5. The molecule has 6 nitrogen and oxygen atoms in total. The van der Waals surface area contributed by atoms with Gasteiger partial charge in [-0.1, -0.05) is 91.0 Å². The van der Waals surface area contributed by atoms with Crippen LogP contribution in [-0.4, -0.2) is 28.1 Å². The van der Waals surface area contributed by atoms with Crippen molar-refractivity contribution in [2.24, 2.45) is 0 Å². The highest BCUT2D eigenvalue weighted by atomic mass is 16.2. The van der Waals surface area contributed by atoms with Crippen molar-refractivity contribution >= 4 is 11.8 Å². The van der Waals surface area contributed by atoms with E-state index in [0.29, 0.717) is 13.1 Å². The molecule has 0 aliphatic carbocycles. The predicted molar refractivity (Wildman–Crippen MR) is 128 cm³/mol. The number of nitrogens with one attached hydrogen (secondary N) is 2. The Bertz CT molecular complexity index is 1190. The Labute approximate surface area is 193 Å². The Morgan fingerprint density at radius 1 is 0.727 bits per heavy atom. The third-order valence-electron chi connectivity index (χ3n) is 5.20. The fourth-order valence-corrected chi connectivity index (χ4v) is 3.56. The number of carbonyl (C=O) groups excluding carboxylic acids is 2. The number of aromatic nitrogens is 2. The van der Waals surface area contributed by atoms with Gasteiger partial charge in [-0.2, -0.15) is 5.10 Å². The number of benzene rings is 3. The summed E-state index contributed by atoms with van der Waals surface area (Å²) in [5.41, 5.74) is 4.80. The molecule has 2 amide bonds. The van der Waals surface area contributed by atoms with Crippen LogP contribution in [0.15, 0.2) is 97.2 Å². The molecule has 166 valence electrons. The van der Waals surface area contributed by atoms with E-state index in [1.54, 1.807) is 0 Å². The van der Waals surface area contributed by atoms with Crippen LogP contribution in [0, 0.1) is 0 Å². The summed E-state index contributed by atoms with van der Waals surface area (Å²) in [5.74, 6) is -0.428. The van der Waals surface area contributed by atoms with Crippen molar-refractivity contribution in [2.75, 3.05) is 6.54 Å². The van der Waals surface area contributed by atoms with E-state index < -0.39 is 0 Å². The van der Waals surface area contributed by atoms with Crippen LogP contribution in [0.3, 0.4) is 0 Å². The van der Waals surface area contributed by atoms with E-state index in [1.807, 2.05) is 89.7 Å². The summed E-state index contributed by atoms with van der Waals surface area (Å²) in [4.78, 5) is 24.5. The topological polar surface area (TPSA) is 76.0 Å². The van der Waals surface area contributed by atoms with Crippen LogP contribution in [-0.2, 0) is 29.1 Å². The maximum atomic E-state index is 12.4. The molecule has 0 bridgehead atoms. The molecule has 0 unspecified atom stereocenters. The summed E-state index contributed by atoms with van der Waals surface area (Å²) in [6.07, 6.45) is 2.21. The molecule has 0 saturated carbocycles. The number of hydrogen-bond acceptors (Lipinski definition) is 3. The Morgan fingerprint density at radius 2 is 1.33 bits per heavy atom. The molecular formula is C27H26N4O2. The molecule has 0 atom stereocenters. The third-order valence-corrected chi connectivity index (χ3v) is 5.20. The third kappa shape index (κ3) is 6.40. The average molecular weight is 439 g/mol. The molecule has 0 spiro atoms. The normalized spacial score (nSPS) is 10.5. The van der Waals surface area contributed by atoms with Crippen molar-refractivity contribution in [3.8, 4) is 11.3 Å². The van der Waals surface area contributed by atoms with Gasteiger partial charge in [0.05, 0.1) is 25.2 Å². The molecule has 0 aliphatic heterocycles. The largest absolute Gasteiger partial charge is 0.350 e. The summed E-state index contributed by atoms with van der Waals surface area (Å²) < 4.78 is 1.89. The highest BCUT2D eigenvalue weighted by molar-refractivity contribution is 5.85. The minimum Gasteiger partial charge on any atom is -0.350 e. The van der Waals surface area contributed by atoms with Gasteiger partial charge in [-0.25, -0.2) is 0 Å². The smallest absolute Gasteiger partial charge is 0.239 e. The molecule has 0 radical (unpaired) electrons. The number of carbonyl (C=O) groups is 2. The van der Waals surface area contributed by atoms with E-state index in [4.69, 9.17) is 5.10 Å². The average Bonchev–Trinajstić information content (AvgIpc) is 3.26. The summed E-state index contributed by atoms with van der Waals surface area (Å²) in [7, 11) is 0. The van der Waals surface area contributed by atoms with Crippen molar-refractivity contribution in [3.05, 3.63) is 114 Å². The monoisotopic (exact) mass is 438 g/mol. The highest BCUT2D eigenvalue weighted by Gasteiger charge is 2.13. The van der Waals surface area contributed by atoms with Gasteiger partial charge in [0.1, 0.15) is 0 Å². The lowest BCUT2D eigenvalue weighted by molar-refractivity contribution is -0.125. The first-order chi connectivity index (χ1) is 16.2. The Hall–Kier alpha value is -4.19. The van der Waals surface area contributed by atoms with E-state index >= 15 is 0 Å². The summed E-state index contributed by atoms with van der Waals surface area (Å²) >= 11 is 0. The summed E-state index contributed by atoms with van der Waals surface area (Å²) in [6.45, 7) is 0.904.